The van der Waals surface area contributed by atoms with Crippen molar-refractivity contribution in [2.45, 2.75) is 76.1 Å². The van der Waals surface area contributed by atoms with Gasteiger partial charge in [-0.1, -0.05) is 72.7 Å². The highest BCUT2D eigenvalue weighted by molar-refractivity contribution is 5.50. The summed E-state index contributed by atoms with van der Waals surface area (Å²) in [4.78, 5) is 0. The predicted octanol–water partition coefficient (Wildman–Crippen LogP) is 7.79. The molecule has 1 fully saturated rings. The highest BCUT2D eigenvalue weighted by Gasteiger charge is 2.54. The maximum atomic E-state index is 14.7. The molecule has 0 aliphatic heterocycles. The lowest BCUT2D eigenvalue weighted by Gasteiger charge is -2.44. The first-order chi connectivity index (χ1) is 17.9. The number of nitrogens with one attached hydrogen (secondary N) is 1. The van der Waals surface area contributed by atoms with Gasteiger partial charge in [-0.25, -0.2) is 4.39 Å². The third kappa shape index (κ3) is 4.66. The number of fused-ring (bicyclic) bond motifs is 1. The van der Waals surface area contributed by atoms with Crippen molar-refractivity contribution in [3.63, 3.8) is 0 Å². The van der Waals surface area contributed by atoms with Crippen LogP contribution in [0.2, 0.25) is 0 Å². The van der Waals surface area contributed by atoms with E-state index in [0.717, 1.165) is 18.9 Å². The Labute approximate surface area is 222 Å². The van der Waals surface area contributed by atoms with Crippen molar-refractivity contribution in [2.24, 2.45) is 5.41 Å². The maximum Gasteiger partial charge on any atom is 0.408 e. The first-order valence-electron chi connectivity index (χ1n) is 13.4. The van der Waals surface area contributed by atoms with Gasteiger partial charge in [0.1, 0.15) is 11.9 Å². The topological polar surface area (TPSA) is 32.3 Å². The van der Waals surface area contributed by atoms with Gasteiger partial charge in [-0.3, -0.25) is 0 Å². The molecular weight excluding hydrogens is 490 g/mol. The molecule has 2 N–H and O–H groups in total. The average Bonchev–Trinajstić information content (AvgIpc) is 3.12. The van der Waals surface area contributed by atoms with Crippen LogP contribution in [0.5, 0.6) is 0 Å². The second kappa shape index (κ2) is 9.80. The van der Waals surface area contributed by atoms with Crippen LogP contribution < -0.4 is 5.32 Å². The van der Waals surface area contributed by atoms with Crippen molar-refractivity contribution in [1.29, 1.82) is 0 Å². The standard InChI is InChI=1S/C32H35F4NO/c1-20-7-9-21(10-8-20)23-11-12-24-19-30(2)26(18-25(24)17-23)14-16-31(30,38)15-13-22-5-4-6-27(33)28(22)29(37-3)32(34,35)36/h4-12,18,23,29,37-38H,13-17,19H2,1-3H3/t23?,29-,30?,31+/m1/s1. The maximum absolute atomic E-state index is 14.7. The van der Waals surface area contributed by atoms with Crippen molar-refractivity contribution in [3.8, 4) is 0 Å². The van der Waals surface area contributed by atoms with E-state index in [2.05, 4.69) is 61.7 Å². The van der Waals surface area contributed by atoms with Gasteiger partial charge in [0.2, 0.25) is 0 Å². The zero-order valence-corrected chi connectivity index (χ0v) is 22.1. The van der Waals surface area contributed by atoms with Gasteiger partial charge >= 0.3 is 6.18 Å². The van der Waals surface area contributed by atoms with E-state index in [1.807, 2.05) is 0 Å². The molecule has 0 radical (unpaired) electrons. The Bertz CT molecular complexity index is 1310. The van der Waals surface area contributed by atoms with Crippen molar-refractivity contribution >= 4 is 0 Å². The van der Waals surface area contributed by atoms with Gasteiger partial charge in [0.25, 0.3) is 0 Å². The molecule has 0 spiro atoms. The summed E-state index contributed by atoms with van der Waals surface area (Å²) in [5, 5.41) is 14.2. The number of benzene rings is 2. The highest BCUT2D eigenvalue weighted by Crippen LogP contribution is 2.59. The van der Waals surface area contributed by atoms with E-state index in [-0.39, 0.29) is 24.0 Å². The van der Waals surface area contributed by atoms with Crippen LogP contribution in [0.15, 0.2) is 77.4 Å². The molecule has 5 rings (SSSR count). The summed E-state index contributed by atoms with van der Waals surface area (Å²) >= 11 is 0. The predicted molar refractivity (Wildman–Crippen MR) is 142 cm³/mol. The lowest BCUT2D eigenvalue weighted by molar-refractivity contribution is -0.157. The molecule has 2 aromatic rings. The molecule has 1 saturated carbocycles. The minimum Gasteiger partial charge on any atom is -0.389 e. The van der Waals surface area contributed by atoms with E-state index in [4.69, 9.17) is 0 Å². The lowest BCUT2D eigenvalue weighted by Crippen LogP contribution is -2.44. The number of rotatable bonds is 6. The number of aliphatic hydroxyl groups is 1. The zero-order valence-electron chi connectivity index (χ0n) is 22.1. The Kier molecular flexibility index (Phi) is 6.93. The van der Waals surface area contributed by atoms with Crippen molar-refractivity contribution < 1.29 is 22.7 Å². The molecule has 0 aromatic heterocycles. The van der Waals surface area contributed by atoms with E-state index in [1.165, 1.54) is 41.0 Å². The van der Waals surface area contributed by atoms with Crippen molar-refractivity contribution in [1.82, 2.24) is 5.32 Å². The second-order valence-electron chi connectivity index (χ2n) is 11.4. The van der Waals surface area contributed by atoms with E-state index in [9.17, 15) is 22.7 Å². The summed E-state index contributed by atoms with van der Waals surface area (Å²) < 4.78 is 55.7. The summed E-state index contributed by atoms with van der Waals surface area (Å²) in [7, 11) is 1.19. The molecular formula is C32H35F4NO. The lowest BCUT2D eigenvalue weighted by atomic mass is 9.63. The van der Waals surface area contributed by atoms with Crippen molar-refractivity contribution in [3.05, 3.63) is 105 Å². The van der Waals surface area contributed by atoms with E-state index < -0.39 is 29.1 Å². The first-order valence-corrected chi connectivity index (χ1v) is 13.4. The molecule has 4 atom stereocenters. The molecule has 2 aromatic carbocycles. The summed E-state index contributed by atoms with van der Waals surface area (Å²) in [5.41, 5.74) is 4.57. The van der Waals surface area contributed by atoms with Crippen LogP contribution in [0, 0.1) is 18.2 Å². The summed E-state index contributed by atoms with van der Waals surface area (Å²) in [5.74, 6) is -0.566. The number of aryl methyl sites for hydroxylation is 2. The monoisotopic (exact) mass is 525 g/mol. The quantitative estimate of drug-likeness (QED) is 0.377. The molecule has 2 nitrogen and oxygen atoms in total. The fourth-order valence-electron chi connectivity index (χ4n) is 6.77. The third-order valence-electron chi connectivity index (χ3n) is 9.18. The number of alkyl halides is 3. The minimum atomic E-state index is -4.63. The molecule has 0 amide bonds. The van der Waals surface area contributed by atoms with Gasteiger partial charge in [-0.05, 0) is 80.8 Å². The average molecular weight is 526 g/mol. The second-order valence-corrected chi connectivity index (χ2v) is 11.4. The van der Waals surface area contributed by atoms with Crippen molar-refractivity contribution in [2.75, 3.05) is 7.05 Å². The Morgan fingerprint density at radius 3 is 2.53 bits per heavy atom. The van der Waals surface area contributed by atoms with E-state index in [0.29, 0.717) is 18.8 Å². The number of halogens is 4. The molecule has 3 aliphatic carbocycles. The Morgan fingerprint density at radius 2 is 1.84 bits per heavy atom. The Morgan fingerprint density at radius 1 is 1.11 bits per heavy atom. The van der Waals surface area contributed by atoms with Crippen LogP contribution >= 0.6 is 0 Å². The molecule has 38 heavy (non-hydrogen) atoms. The Hall–Kier alpha value is -2.70. The number of hydrogen-bond acceptors (Lipinski definition) is 2. The smallest absolute Gasteiger partial charge is 0.389 e. The largest absolute Gasteiger partial charge is 0.408 e. The van der Waals surface area contributed by atoms with Gasteiger partial charge in [-0.15, -0.1) is 0 Å². The molecule has 0 heterocycles. The van der Waals surface area contributed by atoms with Gasteiger partial charge in [0.15, 0.2) is 0 Å². The minimum absolute atomic E-state index is 0.165. The fraction of sp³-hybridized carbons (Fsp3) is 0.438. The fourth-order valence-corrected chi connectivity index (χ4v) is 6.77. The third-order valence-corrected chi connectivity index (χ3v) is 9.18. The molecule has 3 aliphatic rings. The zero-order chi connectivity index (χ0) is 27.3. The molecule has 2 unspecified atom stereocenters. The van der Waals surface area contributed by atoms with Crippen LogP contribution in [0.3, 0.4) is 0 Å². The van der Waals surface area contributed by atoms with Gasteiger partial charge in [-0.2, -0.15) is 13.2 Å². The van der Waals surface area contributed by atoms with E-state index >= 15 is 0 Å². The molecule has 202 valence electrons. The van der Waals surface area contributed by atoms with Crippen LogP contribution in [-0.2, 0) is 6.42 Å². The Balaban J connectivity index is 1.36. The summed E-state index contributed by atoms with van der Waals surface area (Å²) in [6, 6.07) is 10.6. The molecule has 0 saturated heterocycles. The number of allylic oxidation sites excluding steroid dienone is 5. The molecule has 6 heteroatoms. The van der Waals surface area contributed by atoms with Crippen LogP contribution in [0.4, 0.5) is 17.6 Å². The number of hydrogen-bond donors (Lipinski definition) is 2. The highest BCUT2D eigenvalue weighted by atomic mass is 19.4. The van der Waals surface area contributed by atoms with Gasteiger partial charge in [0.05, 0.1) is 5.60 Å². The summed E-state index contributed by atoms with van der Waals surface area (Å²) in [6.07, 6.45) is 5.40. The van der Waals surface area contributed by atoms with Gasteiger partial charge in [0, 0.05) is 16.9 Å². The summed E-state index contributed by atoms with van der Waals surface area (Å²) in [6.45, 7) is 4.16. The first kappa shape index (κ1) is 26.9. The van der Waals surface area contributed by atoms with Crippen LogP contribution in [0.25, 0.3) is 0 Å². The van der Waals surface area contributed by atoms with Gasteiger partial charge < -0.3 is 10.4 Å². The SMILES string of the molecule is CN[C@H](c1c(F)cccc1CC[C@]1(O)CCC2=CC3=C(C=CC(c4ccc(C)cc4)C3)CC21C)C(F)(F)F. The van der Waals surface area contributed by atoms with Crippen LogP contribution in [0.1, 0.15) is 73.2 Å². The van der Waals surface area contributed by atoms with E-state index in [1.54, 1.807) is 6.07 Å². The molecule has 0 bridgehead atoms. The van der Waals surface area contributed by atoms with Crippen LogP contribution in [-0.4, -0.2) is 23.9 Å². The normalized spacial score (nSPS) is 27.7.